The number of methoxy groups -OCH3 is 1. The van der Waals surface area contributed by atoms with E-state index in [0.29, 0.717) is 12.1 Å². The first-order valence-electron chi connectivity index (χ1n) is 10.7. The van der Waals surface area contributed by atoms with Crippen LogP contribution >= 0.6 is 11.3 Å². The molecule has 2 aromatic carbocycles. The number of rotatable bonds is 7. The number of aromatic nitrogens is 1. The molecule has 4 rings (SSSR count). The van der Waals surface area contributed by atoms with Crippen molar-refractivity contribution in [3.05, 3.63) is 53.1 Å². The SMILES string of the molecule is COc1ccc2nc(N(CCCN3CCOCC3)C(=O)c3cc(C)cc(C)c3)sc2c1. The van der Waals surface area contributed by atoms with E-state index in [4.69, 9.17) is 14.5 Å². The summed E-state index contributed by atoms with van der Waals surface area (Å²) >= 11 is 1.53. The Morgan fingerprint density at radius 2 is 1.90 bits per heavy atom. The number of hydrogen-bond donors (Lipinski definition) is 0. The smallest absolute Gasteiger partial charge is 0.260 e. The number of carbonyl (C=O) groups is 1. The maximum absolute atomic E-state index is 13.6. The van der Waals surface area contributed by atoms with E-state index in [0.717, 1.165) is 71.5 Å². The molecule has 1 aliphatic rings. The Bertz CT molecular complexity index is 1040. The summed E-state index contributed by atoms with van der Waals surface area (Å²) in [4.78, 5) is 22.6. The number of carbonyl (C=O) groups excluding carboxylic acids is 1. The Morgan fingerprint density at radius 1 is 1.16 bits per heavy atom. The summed E-state index contributed by atoms with van der Waals surface area (Å²) in [6.07, 6.45) is 0.885. The van der Waals surface area contributed by atoms with Crippen LogP contribution in [0.15, 0.2) is 36.4 Å². The van der Waals surface area contributed by atoms with Crippen LogP contribution in [-0.2, 0) is 4.74 Å². The van der Waals surface area contributed by atoms with E-state index in [9.17, 15) is 4.79 Å². The van der Waals surface area contributed by atoms with Gasteiger partial charge in [0.15, 0.2) is 5.13 Å². The number of thiazole rings is 1. The monoisotopic (exact) mass is 439 g/mol. The average molecular weight is 440 g/mol. The van der Waals surface area contributed by atoms with Crippen molar-refractivity contribution >= 4 is 32.6 Å². The summed E-state index contributed by atoms with van der Waals surface area (Å²) in [6, 6.07) is 11.8. The third-order valence-corrected chi connectivity index (χ3v) is 6.53. The molecular weight excluding hydrogens is 410 g/mol. The van der Waals surface area contributed by atoms with Crippen molar-refractivity contribution < 1.29 is 14.3 Å². The van der Waals surface area contributed by atoms with E-state index in [1.165, 1.54) is 11.3 Å². The van der Waals surface area contributed by atoms with Crippen molar-refractivity contribution in [2.24, 2.45) is 0 Å². The Balaban J connectivity index is 1.60. The standard InChI is InChI=1S/C24H29N3O3S/c1-17-13-18(2)15-19(14-17)23(28)27(8-4-7-26-9-11-30-12-10-26)24-25-21-6-5-20(29-3)16-22(21)31-24/h5-6,13-16H,4,7-12H2,1-3H3. The highest BCUT2D eigenvalue weighted by atomic mass is 32.1. The molecule has 0 unspecified atom stereocenters. The van der Waals surface area contributed by atoms with Crippen molar-refractivity contribution in [1.82, 2.24) is 9.88 Å². The first kappa shape index (κ1) is 21.7. The fourth-order valence-corrected chi connectivity index (χ4v) is 4.97. The predicted molar refractivity (Wildman–Crippen MR) is 126 cm³/mol. The van der Waals surface area contributed by atoms with Gasteiger partial charge in [-0.25, -0.2) is 4.98 Å². The maximum atomic E-state index is 13.6. The van der Waals surface area contributed by atoms with E-state index >= 15 is 0 Å². The lowest BCUT2D eigenvalue weighted by Crippen LogP contribution is -2.39. The van der Waals surface area contributed by atoms with Crippen molar-refractivity contribution in [3.63, 3.8) is 0 Å². The highest BCUT2D eigenvalue weighted by molar-refractivity contribution is 7.22. The van der Waals surface area contributed by atoms with Gasteiger partial charge in [-0.15, -0.1) is 0 Å². The van der Waals surface area contributed by atoms with Gasteiger partial charge in [0.05, 0.1) is 30.5 Å². The van der Waals surface area contributed by atoms with E-state index < -0.39 is 0 Å². The van der Waals surface area contributed by atoms with Gasteiger partial charge in [0.1, 0.15) is 5.75 Å². The second-order valence-corrected chi connectivity index (χ2v) is 8.98. The van der Waals surface area contributed by atoms with Gasteiger partial charge in [0.25, 0.3) is 5.91 Å². The average Bonchev–Trinajstić information content (AvgIpc) is 3.19. The zero-order valence-corrected chi connectivity index (χ0v) is 19.2. The summed E-state index contributed by atoms with van der Waals surface area (Å²) in [6.45, 7) is 9.08. The molecule has 0 atom stereocenters. The van der Waals surface area contributed by atoms with Gasteiger partial charge in [-0.2, -0.15) is 0 Å². The molecular formula is C24H29N3O3S. The number of hydrogen-bond acceptors (Lipinski definition) is 6. The minimum Gasteiger partial charge on any atom is -0.497 e. The van der Waals surface area contributed by atoms with Crippen molar-refractivity contribution in [2.75, 3.05) is 51.4 Å². The minimum absolute atomic E-state index is 0.000186. The molecule has 1 aliphatic heterocycles. The summed E-state index contributed by atoms with van der Waals surface area (Å²) in [5, 5.41) is 0.731. The predicted octanol–water partition coefficient (Wildman–Crippen LogP) is 4.29. The molecule has 0 aliphatic carbocycles. The van der Waals surface area contributed by atoms with Crippen LogP contribution in [0.2, 0.25) is 0 Å². The van der Waals surface area contributed by atoms with E-state index in [-0.39, 0.29) is 5.91 Å². The fraction of sp³-hybridized carbons (Fsp3) is 0.417. The third-order valence-electron chi connectivity index (χ3n) is 5.49. The zero-order chi connectivity index (χ0) is 21.8. The number of benzene rings is 2. The molecule has 3 aromatic rings. The number of aryl methyl sites for hydroxylation is 2. The normalized spacial score (nSPS) is 14.7. The Kier molecular flexibility index (Phi) is 6.85. The first-order chi connectivity index (χ1) is 15.0. The van der Waals surface area contributed by atoms with Crippen LogP contribution in [0, 0.1) is 13.8 Å². The second-order valence-electron chi connectivity index (χ2n) is 7.97. The quantitative estimate of drug-likeness (QED) is 0.550. The number of morpholine rings is 1. The van der Waals surface area contributed by atoms with Crippen LogP contribution in [-0.4, -0.2) is 62.3 Å². The van der Waals surface area contributed by atoms with Crippen LogP contribution in [0.3, 0.4) is 0 Å². The van der Waals surface area contributed by atoms with E-state index in [1.807, 2.05) is 49.1 Å². The van der Waals surface area contributed by atoms with Crippen molar-refractivity contribution in [3.8, 4) is 5.75 Å². The van der Waals surface area contributed by atoms with Crippen LogP contribution in [0.1, 0.15) is 27.9 Å². The Hall–Kier alpha value is -2.48. The van der Waals surface area contributed by atoms with E-state index in [2.05, 4.69) is 11.0 Å². The van der Waals surface area contributed by atoms with Crippen LogP contribution in [0.25, 0.3) is 10.2 Å². The number of amides is 1. The minimum atomic E-state index is -0.000186. The summed E-state index contributed by atoms with van der Waals surface area (Å²) in [7, 11) is 1.66. The molecule has 1 fully saturated rings. The molecule has 164 valence electrons. The van der Waals surface area contributed by atoms with Crippen molar-refractivity contribution in [2.45, 2.75) is 20.3 Å². The molecule has 0 bridgehead atoms. The van der Waals surface area contributed by atoms with Gasteiger partial charge in [-0.3, -0.25) is 14.6 Å². The van der Waals surface area contributed by atoms with Crippen LogP contribution in [0.5, 0.6) is 5.75 Å². The molecule has 1 amide bonds. The molecule has 6 nitrogen and oxygen atoms in total. The Labute approximate surface area is 187 Å². The molecule has 0 N–H and O–H groups in total. The molecule has 31 heavy (non-hydrogen) atoms. The van der Waals surface area contributed by atoms with Gasteiger partial charge in [0, 0.05) is 31.7 Å². The number of anilines is 1. The highest BCUT2D eigenvalue weighted by Gasteiger charge is 2.22. The molecule has 1 aromatic heterocycles. The molecule has 0 spiro atoms. The third kappa shape index (κ3) is 5.23. The largest absolute Gasteiger partial charge is 0.497 e. The molecule has 0 saturated carbocycles. The van der Waals surface area contributed by atoms with Gasteiger partial charge < -0.3 is 9.47 Å². The van der Waals surface area contributed by atoms with Gasteiger partial charge in [-0.05, 0) is 50.6 Å². The van der Waals surface area contributed by atoms with E-state index in [1.54, 1.807) is 7.11 Å². The summed E-state index contributed by atoms with van der Waals surface area (Å²) in [5.74, 6) is 0.794. The topological polar surface area (TPSA) is 54.9 Å². The lowest BCUT2D eigenvalue weighted by Gasteiger charge is -2.27. The van der Waals surface area contributed by atoms with Crippen molar-refractivity contribution in [1.29, 1.82) is 0 Å². The molecule has 1 saturated heterocycles. The molecule has 2 heterocycles. The Morgan fingerprint density at radius 3 is 2.61 bits per heavy atom. The lowest BCUT2D eigenvalue weighted by atomic mass is 10.1. The van der Waals surface area contributed by atoms with Crippen LogP contribution in [0.4, 0.5) is 5.13 Å². The zero-order valence-electron chi connectivity index (χ0n) is 18.4. The fourth-order valence-electron chi connectivity index (χ4n) is 3.95. The van der Waals surface area contributed by atoms with Gasteiger partial charge in [-0.1, -0.05) is 28.5 Å². The second kappa shape index (κ2) is 9.77. The summed E-state index contributed by atoms with van der Waals surface area (Å²) in [5.41, 5.74) is 3.77. The lowest BCUT2D eigenvalue weighted by molar-refractivity contribution is 0.0376. The number of nitrogens with zero attached hydrogens (tertiary/aromatic N) is 3. The maximum Gasteiger partial charge on any atom is 0.260 e. The number of fused-ring (bicyclic) bond motifs is 1. The van der Waals surface area contributed by atoms with Gasteiger partial charge in [0.2, 0.25) is 0 Å². The van der Waals surface area contributed by atoms with Crippen LogP contribution < -0.4 is 9.64 Å². The number of ether oxygens (including phenoxy) is 2. The van der Waals surface area contributed by atoms with Gasteiger partial charge >= 0.3 is 0 Å². The molecule has 7 heteroatoms. The first-order valence-corrected chi connectivity index (χ1v) is 11.5. The summed E-state index contributed by atoms with van der Waals surface area (Å²) < 4.78 is 11.8. The molecule has 0 radical (unpaired) electrons. The highest BCUT2D eigenvalue weighted by Crippen LogP contribution is 2.32.